The zero-order valence-electron chi connectivity index (χ0n) is 19.0. The number of hydrogen-bond acceptors (Lipinski definition) is 7. The maximum absolute atomic E-state index is 13.4. The van der Waals surface area contributed by atoms with E-state index in [4.69, 9.17) is 14.2 Å². The lowest BCUT2D eigenvalue weighted by Gasteiger charge is -2.31. The van der Waals surface area contributed by atoms with Crippen molar-refractivity contribution in [3.05, 3.63) is 29.8 Å². The van der Waals surface area contributed by atoms with E-state index >= 15 is 0 Å². The lowest BCUT2D eigenvalue weighted by Crippen LogP contribution is -2.61. The van der Waals surface area contributed by atoms with Gasteiger partial charge in [0.1, 0.15) is 18.3 Å². The van der Waals surface area contributed by atoms with Crippen LogP contribution in [0, 0.1) is 5.92 Å². The number of carbonyl (C=O) groups excluding carboxylic acids is 1. The Morgan fingerprint density at radius 2 is 1.94 bits per heavy atom. The van der Waals surface area contributed by atoms with Gasteiger partial charge >= 0.3 is 12.0 Å². The van der Waals surface area contributed by atoms with Crippen molar-refractivity contribution in [1.82, 2.24) is 0 Å². The molecule has 2 saturated heterocycles. The molecule has 9 heteroatoms. The molecule has 0 aromatic heterocycles. The van der Waals surface area contributed by atoms with Crippen LogP contribution in [0.1, 0.15) is 32.3 Å². The molecule has 7 nitrogen and oxygen atoms in total. The molecular weight excluding hydrogens is 450 g/mol. The number of carbonyl (C=O) groups is 2. The number of hydrogen-bond donors (Lipinski definition) is 1. The summed E-state index contributed by atoms with van der Waals surface area (Å²) in [4.78, 5) is 25.7. The van der Waals surface area contributed by atoms with Crippen molar-refractivity contribution in [2.75, 3.05) is 38.4 Å². The molecule has 2 heterocycles. The molecule has 0 saturated carbocycles. The van der Waals surface area contributed by atoms with E-state index in [2.05, 4.69) is 0 Å². The standard InChI is InChI=1S/C23H33NO6S2/c1-16(14-31-15-18-4-6-19(28-3)7-5-18)22(25)24(23(26)27)13-20(12-17(24)2)32-11-8-21-29-9-10-30-21/h4-7,16-17,20-21H,8-15H2,1-3H3/p+1/t16?,17?,20-,24-/m0/s1. The Morgan fingerprint density at radius 3 is 2.56 bits per heavy atom. The van der Waals surface area contributed by atoms with Crippen molar-refractivity contribution < 1.29 is 33.4 Å². The van der Waals surface area contributed by atoms with Crippen molar-refractivity contribution in [2.24, 2.45) is 5.92 Å². The van der Waals surface area contributed by atoms with E-state index in [1.54, 1.807) is 30.6 Å². The van der Waals surface area contributed by atoms with Crippen molar-refractivity contribution in [1.29, 1.82) is 0 Å². The first-order chi connectivity index (χ1) is 15.4. The van der Waals surface area contributed by atoms with E-state index in [-0.39, 0.29) is 29.4 Å². The molecule has 2 unspecified atom stereocenters. The normalized spacial score (nSPS) is 26.8. The molecule has 178 valence electrons. The Bertz CT molecular complexity index is 770. The predicted octanol–water partition coefficient (Wildman–Crippen LogP) is 4.24. The van der Waals surface area contributed by atoms with Gasteiger partial charge in [-0.25, -0.2) is 4.79 Å². The van der Waals surface area contributed by atoms with Crippen molar-refractivity contribution in [2.45, 2.75) is 50.0 Å². The predicted molar refractivity (Wildman–Crippen MR) is 127 cm³/mol. The molecule has 2 amide bonds. The average molecular weight is 485 g/mol. The van der Waals surface area contributed by atoms with Gasteiger partial charge in [0.15, 0.2) is 6.29 Å². The summed E-state index contributed by atoms with van der Waals surface area (Å²) < 4.78 is 15.7. The summed E-state index contributed by atoms with van der Waals surface area (Å²) in [7, 11) is 1.64. The van der Waals surface area contributed by atoms with Gasteiger partial charge in [-0.1, -0.05) is 12.1 Å². The van der Waals surface area contributed by atoms with Crippen LogP contribution in [0.4, 0.5) is 4.79 Å². The first-order valence-electron chi connectivity index (χ1n) is 11.1. The fourth-order valence-corrected chi connectivity index (χ4v) is 6.83. The van der Waals surface area contributed by atoms with Gasteiger partial charge in [0.25, 0.3) is 0 Å². The van der Waals surface area contributed by atoms with Crippen molar-refractivity contribution >= 4 is 35.5 Å². The summed E-state index contributed by atoms with van der Waals surface area (Å²) >= 11 is 3.39. The SMILES string of the molecule is COc1ccc(CSCC(C)C(=O)[N@+]2(C(=O)O)C[C@@H](SCCC3OCCO3)CC2C)cc1. The molecular formula is C23H34NO6S2+. The number of carboxylic acid groups (broad SMARTS) is 1. The summed E-state index contributed by atoms with van der Waals surface area (Å²) in [5.41, 5.74) is 1.15. The van der Waals surface area contributed by atoms with E-state index in [0.29, 0.717) is 25.5 Å². The number of amides is 2. The topological polar surface area (TPSA) is 82.1 Å². The molecule has 2 aliphatic heterocycles. The molecule has 0 bridgehead atoms. The average Bonchev–Trinajstić information content (AvgIpc) is 3.41. The number of thioether (sulfide) groups is 2. The second kappa shape index (κ2) is 11.7. The zero-order valence-corrected chi connectivity index (χ0v) is 20.7. The number of ether oxygens (including phenoxy) is 3. The van der Waals surface area contributed by atoms with Gasteiger partial charge in [-0.2, -0.15) is 32.8 Å². The molecule has 2 fully saturated rings. The molecule has 2 aliphatic rings. The smallest absolute Gasteiger partial charge is 0.497 e. The fraction of sp³-hybridized carbons (Fsp3) is 0.652. The third kappa shape index (κ3) is 5.99. The summed E-state index contributed by atoms with van der Waals surface area (Å²) in [5, 5.41) is 10.2. The molecule has 3 rings (SSSR count). The van der Waals surface area contributed by atoms with E-state index in [0.717, 1.165) is 35.7 Å². The van der Waals surface area contributed by atoms with Crippen molar-refractivity contribution in [3.63, 3.8) is 0 Å². The monoisotopic (exact) mass is 484 g/mol. The van der Waals surface area contributed by atoms with E-state index < -0.39 is 10.6 Å². The minimum absolute atomic E-state index is 0.144. The van der Waals surface area contributed by atoms with Gasteiger partial charge in [-0.3, -0.25) is 0 Å². The Morgan fingerprint density at radius 1 is 1.25 bits per heavy atom. The highest BCUT2D eigenvalue weighted by Gasteiger charge is 2.57. The van der Waals surface area contributed by atoms with Gasteiger partial charge < -0.3 is 19.3 Å². The first-order valence-corrected chi connectivity index (χ1v) is 13.3. The molecule has 1 aromatic rings. The maximum Gasteiger partial charge on any atom is 0.521 e. The van der Waals surface area contributed by atoms with Crippen molar-refractivity contribution in [3.8, 4) is 5.75 Å². The summed E-state index contributed by atoms with van der Waals surface area (Å²) in [6, 6.07) is 7.63. The second-order valence-corrected chi connectivity index (χ2v) is 10.9. The molecule has 0 radical (unpaired) electrons. The molecule has 0 aliphatic carbocycles. The largest absolute Gasteiger partial charge is 0.521 e. The third-order valence-corrected chi connectivity index (χ3v) is 8.76. The van der Waals surface area contributed by atoms with Crippen LogP contribution < -0.4 is 4.74 Å². The van der Waals surface area contributed by atoms with Crippen LogP contribution in [-0.4, -0.2) is 77.5 Å². The minimum Gasteiger partial charge on any atom is -0.497 e. The van der Waals surface area contributed by atoms with Crippen LogP contribution in [0.2, 0.25) is 0 Å². The Hall–Kier alpha value is -1.26. The van der Waals surface area contributed by atoms with Crippen LogP contribution in [0.5, 0.6) is 5.75 Å². The second-order valence-electron chi connectivity index (χ2n) is 8.47. The first kappa shape index (κ1) is 25.4. The van der Waals surface area contributed by atoms with Gasteiger partial charge in [0, 0.05) is 24.3 Å². The Labute approximate surface area is 198 Å². The molecule has 0 spiro atoms. The van der Waals surface area contributed by atoms with Gasteiger partial charge in [-0.15, -0.1) is 0 Å². The number of methoxy groups -OCH3 is 1. The van der Waals surface area contributed by atoms with Gasteiger partial charge in [0.05, 0.1) is 31.5 Å². The number of likely N-dealkylation sites (tertiary alicyclic amines) is 1. The molecule has 1 N–H and O–H groups in total. The number of rotatable bonds is 10. The highest BCUT2D eigenvalue weighted by Crippen LogP contribution is 2.37. The molecule has 4 atom stereocenters. The number of nitrogens with zero attached hydrogens (tertiary/aromatic N) is 1. The maximum atomic E-state index is 13.4. The summed E-state index contributed by atoms with van der Waals surface area (Å²) in [6.07, 6.45) is 0.333. The van der Waals surface area contributed by atoms with Gasteiger partial charge in [0.2, 0.25) is 0 Å². The molecule has 1 aromatic carbocycles. The van der Waals surface area contributed by atoms with E-state index in [1.807, 2.05) is 38.1 Å². The van der Waals surface area contributed by atoms with Crippen LogP contribution in [-0.2, 0) is 20.0 Å². The van der Waals surface area contributed by atoms with Gasteiger partial charge in [-0.05, 0) is 37.3 Å². The zero-order chi connectivity index (χ0) is 23.1. The van der Waals surface area contributed by atoms with Crippen LogP contribution in [0.25, 0.3) is 0 Å². The summed E-state index contributed by atoms with van der Waals surface area (Å²) in [5.74, 6) is 2.50. The van der Waals surface area contributed by atoms with Crippen LogP contribution >= 0.6 is 23.5 Å². The Balaban J connectivity index is 1.52. The fourth-order valence-electron chi connectivity index (χ4n) is 4.37. The number of benzene rings is 1. The Kier molecular flexibility index (Phi) is 9.31. The minimum atomic E-state index is -1.03. The lowest BCUT2D eigenvalue weighted by molar-refractivity contribution is -0.793. The highest BCUT2D eigenvalue weighted by molar-refractivity contribution is 7.99. The molecule has 32 heavy (non-hydrogen) atoms. The number of imide groups is 1. The lowest BCUT2D eigenvalue weighted by atomic mass is 10.1. The highest BCUT2D eigenvalue weighted by atomic mass is 32.2. The summed E-state index contributed by atoms with van der Waals surface area (Å²) in [6.45, 7) is 5.37. The van der Waals surface area contributed by atoms with E-state index in [1.165, 1.54) is 0 Å². The third-order valence-electron chi connectivity index (χ3n) is 6.20. The van der Waals surface area contributed by atoms with E-state index in [9.17, 15) is 14.7 Å². The van der Waals surface area contributed by atoms with Crippen LogP contribution in [0.3, 0.4) is 0 Å². The quantitative estimate of drug-likeness (QED) is 0.494. The number of quaternary nitrogens is 1. The van der Waals surface area contributed by atoms with Crippen LogP contribution in [0.15, 0.2) is 24.3 Å².